The van der Waals surface area contributed by atoms with Crippen molar-refractivity contribution in [3.05, 3.63) is 39.4 Å². The van der Waals surface area contributed by atoms with E-state index in [2.05, 4.69) is 5.16 Å². The number of likely N-dealkylation sites (tertiary alicyclic amines) is 1. The Kier molecular flexibility index (Phi) is 4.11. The lowest BCUT2D eigenvalue weighted by Crippen LogP contribution is -2.38. The van der Waals surface area contributed by atoms with E-state index in [0.717, 1.165) is 30.7 Å². The number of hydrogen-bond acceptors (Lipinski definition) is 5. The zero-order valence-electron chi connectivity index (χ0n) is 12.7. The molecule has 1 atom stereocenters. The number of aromatic nitrogens is 1. The molecule has 1 amide bonds. The lowest BCUT2D eigenvalue weighted by atomic mass is 9.99. The minimum absolute atomic E-state index is 0.00799. The molecule has 3 heterocycles. The van der Waals surface area contributed by atoms with Crippen LogP contribution < -0.4 is 0 Å². The molecule has 5 nitrogen and oxygen atoms in total. The number of nitrogens with zero attached hydrogens (tertiary/aromatic N) is 2. The van der Waals surface area contributed by atoms with Crippen LogP contribution >= 0.6 is 11.3 Å². The largest absolute Gasteiger partial charge is 0.361 e. The maximum atomic E-state index is 12.8. The molecule has 0 aromatic carbocycles. The Hall–Kier alpha value is -1.95. The van der Waals surface area contributed by atoms with E-state index in [1.807, 2.05) is 17.9 Å². The van der Waals surface area contributed by atoms with Crippen molar-refractivity contribution in [3.63, 3.8) is 0 Å². The molecule has 6 heteroatoms. The van der Waals surface area contributed by atoms with Crippen LogP contribution in [-0.2, 0) is 0 Å². The molecule has 1 unspecified atom stereocenters. The van der Waals surface area contributed by atoms with Gasteiger partial charge in [-0.3, -0.25) is 9.59 Å². The quantitative estimate of drug-likeness (QED) is 0.811. The third-order valence-electron chi connectivity index (χ3n) is 3.92. The third kappa shape index (κ3) is 2.83. The van der Waals surface area contributed by atoms with Crippen molar-refractivity contribution in [1.29, 1.82) is 0 Å². The summed E-state index contributed by atoms with van der Waals surface area (Å²) in [6.45, 7) is 4.08. The first-order chi connectivity index (χ1) is 10.6. The summed E-state index contributed by atoms with van der Waals surface area (Å²) >= 11 is 1.26. The van der Waals surface area contributed by atoms with Gasteiger partial charge in [-0.25, -0.2) is 0 Å². The Morgan fingerprint density at radius 2 is 2.09 bits per heavy atom. The molecule has 0 radical (unpaired) electrons. The molecule has 3 rings (SSSR count). The summed E-state index contributed by atoms with van der Waals surface area (Å²) < 4.78 is 5.16. The van der Waals surface area contributed by atoms with Crippen LogP contribution in [0.1, 0.15) is 63.0 Å². The van der Waals surface area contributed by atoms with Crippen LogP contribution in [0.25, 0.3) is 0 Å². The standard InChI is InChI=1S/C16H18N2O3S/c1-10-9-12(17-21-10)13-5-3-4-8-18(13)16(20)15-7-6-14(22-15)11(2)19/h6-7,9,13H,3-5,8H2,1-2H3. The Morgan fingerprint density at radius 1 is 1.32 bits per heavy atom. The zero-order chi connectivity index (χ0) is 15.7. The Balaban J connectivity index is 1.86. The summed E-state index contributed by atoms with van der Waals surface area (Å²) in [5.74, 6) is 0.720. The van der Waals surface area contributed by atoms with Crippen molar-refractivity contribution in [2.45, 2.75) is 39.2 Å². The lowest BCUT2D eigenvalue weighted by Gasteiger charge is -2.34. The van der Waals surface area contributed by atoms with Gasteiger partial charge in [-0.15, -0.1) is 11.3 Å². The second-order valence-corrected chi connectivity index (χ2v) is 6.68. The molecule has 0 spiro atoms. The Morgan fingerprint density at radius 3 is 2.73 bits per heavy atom. The van der Waals surface area contributed by atoms with Crippen molar-refractivity contribution in [3.8, 4) is 0 Å². The SMILES string of the molecule is CC(=O)c1ccc(C(=O)N2CCCCC2c2cc(C)on2)s1. The van der Waals surface area contributed by atoms with Crippen molar-refractivity contribution in [2.24, 2.45) is 0 Å². The van der Waals surface area contributed by atoms with Gasteiger partial charge < -0.3 is 9.42 Å². The van der Waals surface area contributed by atoms with Crippen molar-refractivity contribution >= 4 is 23.0 Å². The number of hydrogen-bond donors (Lipinski definition) is 0. The highest BCUT2D eigenvalue weighted by Crippen LogP contribution is 2.33. The fraction of sp³-hybridized carbons (Fsp3) is 0.438. The molecule has 0 saturated carbocycles. The first kappa shape index (κ1) is 15.0. The minimum atomic E-state index is -0.0402. The van der Waals surface area contributed by atoms with Crippen LogP contribution in [0.4, 0.5) is 0 Å². The molecule has 0 aliphatic carbocycles. The molecule has 1 fully saturated rings. The Labute approximate surface area is 132 Å². The van der Waals surface area contributed by atoms with Gasteiger partial charge in [0.15, 0.2) is 5.78 Å². The number of amides is 1. The van der Waals surface area contributed by atoms with Gasteiger partial charge in [0, 0.05) is 12.6 Å². The fourth-order valence-corrected chi connectivity index (χ4v) is 3.67. The molecule has 0 N–H and O–H groups in total. The number of Topliss-reactive ketones (excluding diaryl/α,β-unsaturated/α-hetero) is 1. The van der Waals surface area contributed by atoms with Crippen LogP contribution in [0.2, 0.25) is 0 Å². The molecule has 2 aromatic heterocycles. The predicted molar refractivity (Wildman–Crippen MR) is 83.2 cm³/mol. The van der Waals surface area contributed by atoms with Gasteiger partial charge in [0.1, 0.15) is 11.5 Å². The average Bonchev–Trinajstić information content (AvgIpc) is 3.15. The van der Waals surface area contributed by atoms with E-state index in [-0.39, 0.29) is 17.7 Å². The highest BCUT2D eigenvalue weighted by molar-refractivity contribution is 7.15. The minimum Gasteiger partial charge on any atom is -0.361 e. The van der Waals surface area contributed by atoms with Crippen molar-refractivity contribution in [1.82, 2.24) is 10.1 Å². The molecule has 1 aliphatic heterocycles. The normalized spacial score (nSPS) is 18.5. The summed E-state index contributed by atoms with van der Waals surface area (Å²) in [5, 5.41) is 4.08. The molecule has 0 bridgehead atoms. The van der Waals surface area contributed by atoms with Gasteiger partial charge in [-0.1, -0.05) is 5.16 Å². The van der Waals surface area contributed by atoms with E-state index in [0.29, 0.717) is 16.3 Å². The van der Waals surface area contributed by atoms with Crippen LogP contribution in [0.5, 0.6) is 0 Å². The predicted octanol–water partition coefficient (Wildman–Crippen LogP) is 3.61. The van der Waals surface area contributed by atoms with Gasteiger partial charge in [0.25, 0.3) is 5.91 Å². The van der Waals surface area contributed by atoms with E-state index in [9.17, 15) is 9.59 Å². The van der Waals surface area contributed by atoms with Gasteiger partial charge in [-0.05, 0) is 45.2 Å². The summed E-state index contributed by atoms with van der Waals surface area (Å²) in [5.41, 5.74) is 0.814. The summed E-state index contributed by atoms with van der Waals surface area (Å²) in [6, 6.07) is 5.32. The zero-order valence-corrected chi connectivity index (χ0v) is 13.5. The molecule has 2 aromatic rings. The number of aryl methyl sites for hydroxylation is 1. The molecule has 1 saturated heterocycles. The number of ketones is 1. The second kappa shape index (κ2) is 6.04. The monoisotopic (exact) mass is 318 g/mol. The molecule has 22 heavy (non-hydrogen) atoms. The topological polar surface area (TPSA) is 63.4 Å². The first-order valence-corrected chi connectivity index (χ1v) is 8.23. The van der Waals surface area contributed by atoms with Gasteiger partial charge in [0.05, 0.1) is 15.8 Å². The number of thiophene rings is 1. The van der Waals surface area contributed by atoms with E-state index < -0.39 is 0 Å². The van der Waals surface area contributed by atoms with Crippen LogP contribution in [0, 0.1) is 6.92 Å². The molecular weight excluding hydrogens is 300 g/mol. The average molecular weight is 318 g/mol. The number of carbonyl (C=O) groups excluding carboxylic acids is 2. The van der Waals surface area contributed by atoms with Crippen molar-refractivity contribution < 1.29 is 14.1 Å². The molecule has 116 valence electrons. The van der Waals surface area contributed by atoms with Crippen molar-refractivity contribution in [2.75, 3.05) is 6.54 Å². The highest BCUT2D eigenvalue weighted by atomic mass is 32.1. The van der Waals surface area contributed by atoms with Gasteiger partial charge in [-0.2, -0.15) is 0 Å². The van der Waals surface area contributed by atoms with Gasteiger partial charge in [0.2, 0.25) is 0 Å². The number of rotatable bonds is 3. The maximum absolute atomic E-state index is 12.8. The maximum Gasteiger partial charge on any atom is 0.264 e. The van der Waals surface area contributed by atoms with Gasteiger partial charge >= 0.3 is 0 Å². The lowest BCUT2D eigenvalue weighted by molar-refractivity contribution is 0.0607. The highest BCUT2D eigenvalue weighted by Gasteiger charge is 2.31. The van der Waals surface area contributed by atoms with Crippen LogP contribution in [-0.4, -0.2) is 28.3 Å². The summed E-state index contributed by atoms with van der Waals surface area (Å²) in [4.78, 5) is 27.3. The van der Waals surface area contributed by atoms with E-state index in [1.54, 1.807) is 12.1 Å². The molecule has 1 aliphatic rings. The van der Waals surface area contributed by atoms with Crippen LogP contribution in [0.3, 0.4) is 0 Å². The fourth-order valence-electron chi connectivity index (χ4n) is 2.81. The van der Waals surface area contributed by atoms with Crippen LogP contribution in [0.15, 0.2) is 22.7 Å². The van der Waals surface area contributed by atoms with E-state index in [1.165, 1.54) is 18.3 Å². The molecular formula is C16H18N2O3S. The summed E-state index contributed by atoms with van der Waals surface area (Å²) in [7, 11) is 0. The van der Waals surface area contributed by atoms with E-state index >= 15 is 0 Å². The number of carbonyl (C=O) groups is 2. The third-order valence-corrected chi connectivity index (χ3v) is 5.09. The smallest absolute Gasteiger partial charge is 0.264 e. The second-order valence-electron chi connectivity index (χ2n) is 5.59. The number of piperidine rings is 1. The summed E-state index contributed by atoms with van der Waals surface area (Å²) in [6.07, 6.45) is 2.95. The first-order valence-electron chi connectivity index (χ1n) is 7.41. The Bertz CT molecular complexity index is 704. The van der Waals surface area contributed by atoms with E-state index in [4.69, 9.17) is 4.52 Å².